The average molecular weight is 314 g/mol. The van der Waals surface area contributed by atoms with E-state index in [-0.39, 0.29) is 32.9 Å². The number of carbonyl (C=O) groups is 1. The molecule has 0 aromatic heterocycles. The van der Waals surface area contributed by atoms with Crippen LogP contribution in [0.5, 0.6) is 0 Å². The number of alkyl halides is 2. The molecule has 0 aliphatic rings. The first-order valence-corrected chi connectivity index (χ1v) is 7.89. The Labute approximate surface area is 97.4 Å². The van der Waals surface area contributed by atoms with E-state index in [1.807, 2.05) is 27.8 Å². The Morgan fingerprint density at radius 2 is 2.00 bits per heavy atom. The van der Waals surface area contributed by atoms with E-state index in [0.29, 0.717) is 0 Å². The first-order valence-electron chi connectivity index (χ1n) is 4.84. The Morgan fingerprint density at radius 1 is 1.43 bits per heavy atom. The molecule has 86 valence electrons. The van der Waals surface area contributed by atoms with Crippen molar-refractivity contribution in [2.24, 2.45) is 0 Å². The number of halogens is 1. The van der Waals surface area contributed by atoms with Crippen molar-refractivity contribution in [1.82, 2.24) is 4.90 Å². The Bertz CT molecular complexity index is 177. The fraction of sp³-hybridized carbons (Fsp3) is 0.900. The maximum absolute atomic E-state index is 11.5. The first kappa shape index (κ1) is 14.0. The third-order valence-electron chi connectivity index (χ3n) is 1.29. The quantitative estimate of drug-likeness (QED) is 0.298. The molecule has 1 amide bonds. The van der Waals surface area contributed by atoms with E-state index in [1.165, 1.54) is 10.8 Å². The second-order valence-electron chi connectivity index (χ2n) is 4.18. The average Bonchev–Trinajstić information content (AvgIpc) is 2.01. The zero-order chi connectivity index (χ0) is 11.2. The third-order valence-corrected chi connectivity index (χ3v) is 4.64. The molecule has 0 bridgehead atoms. The molecule has 0 unspecified atom stereocenters. The van der Waals surface area contributed by atoms with Gasteiger partial charge in [-0.3, -0.25) is 0 Å². The van der Waals surface area contributed by atoms with E-state index in [4.69, 9.17) is 4.74 Å². The minimum atomic E-state index is -0.381. The van der Waals surface area contributed by atoms with Gasteiger partial charge in [0.15, 0.2) is 0 Å². The number of nitrogens with zero attached hydrogens (tertiary/aromatic N) is 1. The first-order chi connectivity index (χ1) is 6.37. The van der Waals surface area contributed by atoms with Crippen LogP contribution in [0.1, 0.15) is 34.1 Å². The van der Waals surface area contributed by atoms with Crippen LogP contribution in [0.2, 0.25) is 0 Å². The van der Waals surface area contributed by atoms with Gasteiger partial charge < -0.3 is 0 Å². The van der Waals surface area contributed by atoms with Crippen LogP contribution < -0.4 is 21.2 Å². The summed E-state index contributed by atoms with van der Waals surface area (Å²) in [6, 6.07) is 0. The topological polar surface area (TPSA) is 29.5 Å². The molecule has 0 aromatic rings. The summed E-state index contributed by atoms with van der Waals surface area (Å²) in [7, 11) is 1.81. The molecule has 0 atom stereocenters. The van der Waals surface area contributed by atoms with Gasteiger partial charge in [0.05, 0.1) is 0 Å². The number of hydrogen-bond donors (Lipinski definition) is 0. The standard InChI is InChI=1S/C10H21INO2/c1-6-7-11-8-12(5)9(13)14-10(2,3)4/h6-8H2,1-5H3/q-1. The van der Waals surface area contributed by atoms with Crippen LogP contribution in [0.25, 0.3) is 0 Å². The molecule has 0 N–H and O–H groups in total. The van der Waals surface area contributed by atoms with Crippen LogP contribution in [0.4, 0.5) is 4.79 Å². The maximum atomic E-state index is 11.5. The summed E-state index contributed by atoms with van der Waals surface area (Å²) in [5, 5.41) is 0. The number of rotatable bonds is 4. The SMILES string of the molecule is CCC[I-]CN(C)C(=O)OC(C)(C)C. The predicted molar refractivity (Wildman–Crippen MR) is 54.0 cm³/mol. The summed E-state index contributed by atoms with van der Waals surface area (Å²) >= 11 is 0.133. The van der Waals surface area contributed by atoms with Crippen molar-refractivity contribution in [3.05, 3.63) is 0 Å². The van der Waals surface area contributed by atoms with Crippen molar-refractivity contribution in [1.29, 1.82) is 0 Å². The Kier molecular flexibility index (Phi) is 6.48. The third kappa shape index (κ3) is 7.41. The molecule has 0 aliphatic carbocycles. The van der Waals surface area contributed by atoms with Crippen LogP contribution >= 0.6 is 0 Å². The van der Waals surface area contributed by atoms with Gasteiger partial charge in [-0.2, -0.15) is 0 Å². The van der Waals surface area contributed by atoms with E-state index in [0.717, 1.165) is 4.55 Å². The number of ether oxygens (including phenoxy) is 1. The summed E-state index contributed by atoms with van der Waals surface area (Å²) in [5.74, 6) is 0. The monoisotopic (exact) mass is 314 g/mol. The van der Waals surface area contributed by atoms with E-state index >= 15 is 0 Å². The molecule has 3 nitrogen and oxygen atoms in total. The van der Waals surface area contributed by atoms with Crippen molar-refractivity contribution in [2.45, 2.75) is 39.7 Å². The molecule has 0 spiro atoms. The molecule has 0 radical (unpaired) electrons. The van der Waals surface area contributed by atoms with Crippen molar-refractivity contribution < 1.29 is 30.7 Å². The molecule has 0 aromatic carbocycles. The molecular weight excluding hydrogens is 293 g/mol. The molecule has 14 heavy (non-hydrogen) atoms. The van der Waals surface area contributed by atoms with Crippen molar-refractivity contribution >= 4 is 6.09 Å². The van der Waals surface area contributed by atoms with Gasteiger partial charge in [0.2, 0.25) is 0 Å². The normalized spacial score (nSPS) is 11.5. The summed E-state index contributed by atoms with van der Waals surface area (Å²) in [6.45, 7) is 7.84. The van der Waals surface area contributed by atoms with Crippen LogP contribution in [0.3, 0.4) is 0 Å². The van der Waals surface area contributed by atoms with Gasteiger partial charge in [0.25, 0.3) is 0 Å². The van der Waals surface area contributed by atoms with Crippen LogP contribution in [-0.4, -0.2) is 32.6 Å². The fourth-order valence-electron chi connectivity index (χ4n) is 0.709. The Morgan fingerprint density at radius 3 is 2.43 bits per heavy atom. The van der Waals surface area contributed by atoms with E-state index in [2.05, 4.69) is 6.92 Å². The second-order valence-corrected chi connectivity index (χ2v) is 7.02. The molecule has 0 aliphatic heterocycles. The van der Waals surface area contributed by atoms with Gasteiger partial charge in [-0.05, 0) is 0 Å². The molecule has 0 rings (SSSR count). The number of amides is 1. The molecular formula is C10H21INO2-. The Balaban J connectivity index is 3.77. The summed E-state index contributed by atoms with van der Waals surface area (Å²) in [5.41, 5.74) is -0.381. The van der Waals surface area contributed by atoms with E-state index < -0.39 is 0 Å². The van der Waals surface area contributed by atoms with Gasteiger partial charge in [-0.25, -0.2) is 0 Å². The zero-order valence-corrected chi connectivity index (χ0v) is 11.9. The molecule has 0 saturated heterocycles. The van der Waals surface area contributed by atoms with Gasteiger partial charge in [-0.1, -0.05) is 0 Å². The molecule has 0 saturated carbocycles. The summed E-state index contributed by atoms with van der Waals surface area (Å²) in [6.07, 6.45) is 1.02. The van der Waals surface area contributed by atoms with Crippen LogP contribution in [0.15, 0.2) is 0 Å². The van der Waals surface area contributed by atoms with Crippen molar-refractivity contribution in [2.75, 3.05) is 16.0 Å². The van der Waals surface area contributed by atoms with Gasteiger partial charge >= 0.3 is 97.5 Å². The molecule has 4 heteroatoms. The van der Waals surface area contributed by atoms with Crippen LogP contribution in [-0.2, 0) is 4.74 Å². The van der Waals surface area contributed by atoms with Gasteiger partial charge in [0, 0.05) is 0 Å². The zero-order valence-electron chi connectivity index (χ0n) is 9.76. The number of hydrogen-bond acceptors (Lipinski definition) is 2. The van der Waals surface area contributed by atoms with E-state index in [1.54, 1.807) is 4.90 Å². The summed E-state index contributed by atoms with van der Waals surface area (Å²) < 4.78 is 7.40. The van der Waals surface area contributed by atoms with Crippen molar-refractivity contribution in [3.8, 4) is 0 Å². The molecule has 0 heterocycles. The minimum absolute atomic E-state index is 0.133. The Hall–Kier alpha value is 0. The van der Waals surface area contributed by atoms with E-state index in [9.17, 15) is 4.79 Å². The van der Waals surface area contributed by atoms with Crippen molar-refractivity contribution in [3.63, 3.8) is 0 Å². The fourth-order valence-corrected chi connectivity index (χ4v) is 2.81. The second kappa shape index (κ2) is 6.48. The predicted octanol–water partition coefficient (Wildman–Crippen LogP) is -0.690. The van der Waals surface area contributed by atoms with Crippen LogP contribution in [0, 0.1) is 0 Å². The summed E-state index contributed by atoms with van der Waals surface area (Å²) in [4.78, 5) is 13.2. The molecule has 0 fully saturated rings. The number of carbonyl (C=O) groups excluding carboxylic acids is 1. The van der Waals surface area contributed by atoms with Gasteiger partial charge in [0.1, 0.15) is 0 Å². The van der Waals surface area contributed by atoms with Gasteiger partial charge in [-0.15, -0.1) is 0 Å².